The molecule has 0 aliphatic rings. The van der Waals surface area contributed by atoms with E-state index in [4.69, 9.17) is 18.9 Å². The minimum Gasteiger partial charge on any atom is -0.503 e. The molecule has 132 valence electrons. The maximum atomic E-state index is 12.1. The average molecular weight is 409 g/mol. The highest BCUT2D eigenvalue weighted by molar-refractivity contribution is 9.08. The summed E-state index contributed by atoms with van der Waals surface area (Å²) in [6, 6.07) is 7.44. The second kappa shape index (κ2) is 9.03. The molecule has 0 N–H and O–H groups in total. The molecule has 25 heavy (non-hydrogen) atoms. The SMILES string of the molecule is CO/C=C(\C(=O)OC)c1c(OC)ncnc1Oc1cccc(CBr)c1. The lowest BCUT2D eigenvalue weighted by atomic mass is 10.1. The molecule has 0 bridgehead atoms. The summed E-state index contributed by atoms with van der Waals surface area (Å²) < 4.78 is 20.9. The van der Waals surface area contributed by atoms with Gasteiger partial charge >= 0.3 is 5.97 Å². The Labute approximate surface area is 153 Å². The van der Waals surface area contributed by atoms with Gasteiger partial charge in [0.2, 0.25) is 11.8 Å². The number of aromatic nitrogens is 2. The maximum absolute atomic E-state index is 12.1. The van der Waals surface area contributed by atoms with Crippen molar-refractivity contribution in [3.63, 3.8) is 0 Å². The van der Waals surface area contributed by atoms with Crippen LogP contribution in [0.15, 0.2) is 36.9 Å². The maximum Gasteiger partial charge on any atom is 0.342 e. The zero-order valence-corrected chi connectivity index (χ0v) is 15.6. The lowest BCUT2D eigenvalue weighted by Gasteiger charge is -2.14. The number of carbonyl (C=O) groups excluding carboxylic acids is 1. The highest BCUT2D eigenvalue weighted by Gasteiger charge is 2.25. The molecule has 0 spiro atoms. The second-order valence-electron chi connectivity index (χ2n) is 4.71. The average Bonchev–Trinajstić information content (AvgIpc) is 2.65. The van der Waals surface area contributed by atoms with E-state index >= 15 is 0 Å². The Morgan fingerprint density at radius 2 is 1.96 bits per heavy atom. The molecule has 8 heteroatoms. The summed E-state index contributed by atoms with van der Waals surface area (Å²) in [5, 5.41) is 0.682. The molecule has 1 heterocycles. The van der Waals surface area contributed by atoms with E-state index in [0.717, 1.165) is 5.56 Å². The van der Waals surface area contributed by atoms with Crippen molar-refractivity contribution >= 4 is 27.5 Å². The lowest BCUT2D eigenvalue weighted by molar-refractivity contribution is -0.133. The second-order valence-corrected chi connectivity index (χ2v) is 5.27. The predicted molar refractivity (Wildman–Crippen MR) is 94.7 cm³/mol. The van der Waals surface area contributed by atoms with E-state index in [1.165, 1.54) is 33.9 Å². The third-order valence-electron chi connectivity index (χ3n) is 3.15. The van der Waals surface area contributed by atoms with Gasteiger partial charge in [-0.05, 0) is 17.7 Å². The molecule has 0 saturated carbocycles. The molecule has 2 aromatic rings. The van der Waals surface area contributed by atoms with Crippen LogP contribution >= 0.6 is 15.9 Å². The van der Waals surface area contributed by atoms with Crippen LogP contribution in [0.5, 0.6) is 17.5 Å². The normalized spacial score (nSPS) is 11.0. The van der Waals surface area contributed by atoms with Gasteiger partial charge < -0.3 is 18.9 Å². The van der Waals surface area contributed by atoms with E-state index in [1.54, 1.807) is 6.07 Å². The van der Waals surface area contributed by atoms with E-state index in [0.29, 0.717) is 11.1 Å². The number of carbonyl (C=O) groups is 1. The molecule has 1 aromatic carbocycles. The van der Waals surface area contributed by atoms with Gasteiger partial charge in [0.1, 0.15) is 23.2 Å². The Morgan fingerprint density at radius 1 is 1.20 bits per heavy atom. The Hall–Kier alpha value is -2.61. The van der Waals surface area contributed by atoms with Crippen molar-refractivity contribution in [2.24, 2.45) is 0 Å². The number of halogens is 1. The largest absolute Gasteiger partial charge is 0.503 e. The minimum absolute atomic E-state index is 0.0779. The molecule has 0 aliphatic heterocycles. The minimum atomic E-state index is -0.631. The van der Waals surface area contributed by atoms with Crippen molar-refractivity contribution < 1.29 is 23.7 Å². The number of rotatable bonds is 7. The fourth-order valence-electron chi connectivity index (χ4n) is 2.06. The van der Waals surface area contributed by atoms with Gasteiger partial charge in [-0.2, -0.15) is 0 Å². The van der Waals surface area contributed by atoms with Crippen LogP contribution in [0.25, 0.3) is 5.57 Å². The molecule has 0 aliphatic carbocycles. The van der Waals surface area contributed by atoms with Crippen LogP contribution in [0.4, 0.5) is 0 Å². The number of ether oxygens (including phenoxy) is 4. The molecule has 2 rings (SSSR count). The highest BCUT2D eigenvalue weighted by Crippen LogP contribution is 2.35. The van der Waals surface area contributed by atoms with E-state index in [1.807, 2.05) is 18.2 Å². The van der Waals surface area contributed by atoms with Gasteiger partial charge in [0.25, 0.3) is 0 Å². The fraction of sp³-hybridized carbons (Fsp3) is 0.235. The van der Waals surface area contributed by atoms with Crippen LogP contribution in [0.3, 0.4) is 0 Å². The van der Waals surface area contributed by atoms with E-state index in [9.17, 15) is 4.79 Å². The van der Waals surface area contributed by atoms with Crippen molar-refractivity contribution in [2.75, 3.05) is 21.3 Å². The molecule has 0 saturated heterocycles. The topological polar surface area (TPSA) is 79.8 Å². The molecule has 0 radical (unpaired) electrons. The first-order valence-corrected chi connectivity index (χ1v) is 8.30. The number of nitrogens with zero attached hydrogens (tertiary/aromatic N) is 2. The summed E-state index contributed by atoms with van der Waals surface area (Å²) in [7, 11) is 4.12. The Balaban J connectivity index is 2.54. The van der Waals surface area contributed by atoms with Gasteiger partial charge in [0.15, 0.2) is 0 Å². The van der Waals surface area contributed by atoms with Gasteiger partial charge in [-0.25, -0.2) is 14.8 Å². The molecular weight excluding hydrogens is 392 g/mol. The zero-order chi connectivity index (χ0) is 18.2. The van der Waals surface area contributed by atoms with Crippen molar-refractivity contribution in [3.05, 3.63) is 48.0 Å². The number of benzene rings is 1. The summed E-state index contributed by atoms with van der Waals surface area (Å²) in [6.07, 6.45) is 2.52. The summed E-state index contributed by atoms with van der Waals surface area (Å²) in [5.41, 5.74) is 1.35. The van der Waals surface area contributed by atoms with E-state index in [-0.39, 0.29) is 22.9 Å². The number of hydrogen-bond donors (Lipinski definition) is 0. The smallest absolute Gasteiger partial charge is 0.342 e. The third kappa shape index (κ3) is 4.48. The first-order valence-electron chi connectivity index (χ1n) is 7.18. The van der Waals surface area contributed by atoms with Gasteiger partial charge in [-0.15, -0.1) is 0 Å². The fourth-order valence-corrected chi connectivity index (χ4v) is 2.41. The monoisotopic (exact) mass is 408 g/mol. The molecule has 1 aromatic heterocycles. The van der Waals surface area contributed by atoms with Crippen molar-refractivity contribution in [3.8, 4) is 17.5 Å². The van der Waals surface area contributed by atoms with E-state index < -0.39 is 5.97 Å². The third-order valence-corrected chi connectivity index (χ3v) is 3.80. The van der Waals surface area contributed by atoms with Crippen LogP contribution in [0, 0.1) is 0 Å². The standard InChI is InChI=1S/C17H17BrN2O5/c1-22-9-13(17(21)24-3)14-15(23-2)19-10-20-16(14)25-12-6-4-5-11(7-12)8-18/h4-7,9-10H,8H2,1-3H3/b13-9-. The number of esters is 1. The molecule has 0 unspecified atom stereocenters. The van der Waals surface area contributed by atoms with Crippen LogP contribution in [-0.2, 0) is 19.6 Å². The van der Waals surface area contributed by atoms with Crippen molar-refractivity contribution in [1.82, 2.24) is 9.97 Å². The van der Waals surface area contributed by atoms with Gasteiger partial charge in [0, 0.05) is 5.33 Å². The van der Waals surface area contributed by atoms with Crippen LogP contribution in [-0.4, -0.2) is 37.3 Å². The Bertz CT molecular complexity index is 779. The predicted octanol–water partition coefficient (Wildman–Crippen LogP) is 3.33. The number of alkyl halides is 1. The van der Waals surface area contributed by atoms with Crippen molar-refractivity contribution in [1.29, 1.82) is 0 Å². The van der Waals surface area contributed by atoms with Crippen molar-refractivity contribution in [2.45, 2.75) is 5.33 Å². The van der Waals surface area contributed by atoms with Crippen LogP contribution < -0.4 is 9.47 Å². The Kier molecular flexibility index (Phi) is 6.76. The van der Waals surface area contributed by atoms with Gasteiger partial charge in [-0.1, -0.05) is 28.1 Å². The lowest BCUT2D eigenvalue weighted by Crippen LogP contribution is -2.09. The van der Waals surface area contributed by atoms with Gasteiger partial charge in [0.05, 0.1) is 27.6 Å². The number of hydrogen-bond acceptors (Lipinski definition) is 7. The first-order chi connectivity index (χ1) is 12.1. The summed E-state index contributed by atoms with van der Waals surface area (Å²) >= 11 is 3.40. The van der Waals surface area contributed by atoms with Crippen LogP contribution in [0.1, 0.15) is 11.1 Å². The molecule has 0 atom stereocenters. The first kappa shape index (κ1) is 18.7. The van der Waals surface area contributed by atoms with E-state index in [2.05, 4.69) is 25.9 Å². The Morgan fingerprint density at radius 3 is 2.60 bits per heavy atom. The van der Waals surface area contributed by atoms with Gasteiger partial charge in [-0.3, -0.25) is 0 Å². The summed E-state index contributed by atoms with van der Waals surface area (Å²) in [5.74, 6) is 0.234. The molecule has 0 fully saturated rings. The summed E-state index contributed by atoms with van der Waals surface area (Å²) in [6.45, 7) is 0. The quantitative estimate of drug-likeness (QED) is 0.300. The molecule has 0 amide bonds. The summed E-state index contributed by atoms with van der Waals surface area (Å²) in [4.78, 5) is 20.3. The highest BCUT2D eigenvalue weighted by atomic mass is 79.9. The van der Waals surface area contributed by atoms with Crippen LogP contribution in [0.2, 0.25) is 0 Å². The molecular formula is C17H17BrN2O5. The number of methoxy groups -OCH3 is 3. The molecule has 7 nitrogen and oxygen atoms in total. The zero-order valence-electron chi connectivity index (χ0n) is 14.0.